The Labute approximate surface area is 124 Å². The van der Waals surface area contributed by atoms with Crippen LogP contribution in [0.15, 0.2) is 42.7 Å². The molecule has 0 bridgehead atoms. The summed E-state index contributed by atoms with van der Waals surface area (Å²) in [4.78, 5) is 3.99. The van der Waals surface area contributed by atoms with Gasteiger partial charge in [0.25, 0.3) is 0 Å². The first-order valence-corrected chi connectivity index (χ1v) is 6.72. The third kappa shape index (κ3) is 4.51. The topological polar surface area (TPSA) is 57.4 Å². The summed E-state index contributed by atoms with van der Waals surface area (Å²) in [6.07, 6.45) is 4.38. The van der Waals surface area contributed by atoms with Gasteiger partial charge >= 0.3 is 0 Å². The van der Waals surface area contributed by atoms with Gasteiger partial charge in [-0.3, -0.25) is 4.98 Å². The molecule has 0 fully saturated rings. The number of aromatic nitrogens is 1. The maximum absolute atomic E-state index is 5.82. The molecule has 0 unspecified atom stereocenters. The van der Waals surface area contributed by atoms with Gasteiger partial charge in [-0.05, 0) is 35.9 Å². The maximum atomic E-state index is 5.82. The highest BCUT2D eigenvalue weighted by molar-refractivity contribution is 5.50. The van der Waals surface area contributed by atoms with Crippen molar-refractivity contribution < 1.29 is 9.47 Å². The van der Waals surface area contributed by atoms with Crippen LogP contribution in [0.3, 0.4) is 0 Å². The van der Waals surface area contributed by atoms with Crippen LogP contribution in [0.1, 0.15) is 11.1 Å². The zero-order valence-corrected chi connectivity index (χ0v) is 12.0. The quantitative estimate of drug-likeness (QED) is 0.852. The second kappa shape index (κ2) is 7.93. The summed E-state index contributed by atoms with van der Waals surface area (Å²) in [5.41, 5.74) is 7.40. The van der Waals surface area contributed by atoms with E-state index in [1.165, 1.54) is 5.56 Å². The second-order valence-corrected chi connectivity index (χ2v) is 4.32. The van der Waals surface area contributed by atoms with Crippen LogP contribution in [-0.2, 0) is 6.42 Å². The predicted octanol–water partition coefficient (Wildman–Crippen LogP) is 2.02. The zero-order valence-electron chi connectivity index (χ0n) is 12.0. The van der Waals surface area contributed by atoms with Gasteiger partial charge < -0.3 is 15.2 Å². The largest absolute Gasteiger partial charge is 0.497 e. The van der Waals surface area contributed by atoms with Gasteiger partial charge in [0, 0.05) is 18.8 Å². The highest BCUT2D eigenvalue weighted by Gasteiger charge is 2.04. The fourth-order valence-corrected chi connectivity index (χ4v) is 1.83. The molecule has 0 aliphatic rings. The van der Waals surface area contributed by atoms with Crippen LogP contribution in [0.2, 0.25) is 0 Å². The molecule has 0 amide bonds. The van der Waals surface area contributed by atoms with Crippen LogP contribution in [0, 0.1) is 11.8 Å². The lowest BCUT2D eigenvalue weighted by Crippen LogP contribution is -2.03. The van der Waals surface area contributed by atoms with E-state index in [4.69, 9.17) is 15.2 Å². The molecule has 0 atom stereocenters. The Morgan fingerprint density at radius 2 is 2.00 bits per heavy atom. The first-order chi connectivity index (χ1) is 10.3. The lowest BCUT2D eigenvalue weighted by molar-refractivity contribution is 0.320. The van der Waals surface area contributed by atoms with Crippen LogP contribution < -0.4 is 15.2 Å². The van der Waals surface area contributed by atoms with E-state index >= 15 is 0 Å². The molecule has 1 aromatic carbocycles. The lowest BCUT2D eigenvalue weighted by atomic mass is 10.2. The van der Waals surface area contributed by atoms with E-state index in [0.29, 0.717) is 13.2 Å². The fraction of sp³-hybridized carbons (Fsp3) is 0.235. The average Bonchev–Trinajstić information content (AvgIpc) is 2.54. The van der Waals surface area contributed by atoms with E-state index in [1.54, 1.807) is 19.5 Å². The molecule has 4 heteroatoms. The summed E-state index contributed by atoms with van der Waals surface area (Å²) in [7, 11) is 1.62. The zero-order chi connectivity index (χ0) is 14.9. The van der Waals surface area contributed by atoms with Crippen LogP contribution in [0.25, 0.3) is 0 Å². The van der Waals surface area contributed by atoms with Crippen molar-refractivity contribution in [1.82, 2.24) is 4.98 Å². The van der Waals surface area contributed by atoms with Gasteiger partial charge in [0.1, 0.15) is 11.5 Å². The number of nitrogens with zero attached hydrogens (tertiary/aromatic N) is 1. The lowest BCUT2D eigenvalue weighted by Gasteiger charge is -2.10. The number of ether oxygens (including phenoxy) is 2. The van der Waals surface area contributed by atoms with E-state index in [1.807, 2.05) is 30.3 Å². The van der Waals surface area contributed by atoms with Crippen molar-refractivity contribution in [2.24, 2.45) is 5.73 Å². The number of benzene rings is 1. The first-order valence-electron chi connectivity index (χ1n) is 6.72. The SMILES string of the molecule is COc1ccc(OCCc2ccncc2)c(C#CCN)c1. The molecule has 0 radical (unpaired) electrons. The van der Waals surface area contributed by atoms with Gasteiger partial charge in [-0.1, -0.05) is 11.8 Å². The number of hydrogen-bond acceptors (Lipinski definition) is 4. The molecule has 0 aliphatic carbocycles. The Morgan fingerprint density at radius 1 is 1.19 bits per heavy atom. The van der Waals surface area contributed by atoms with E-state index in [0.717, 1.165) is 23.5 Å². The fourth-order valence-electron chi connectivity index (χ4n) is 1.83. The van der Waals surface area contributed by atoms with Gasteiger partial charge in [-0.15, -0.1) is 0 Å². The third-order valence-corrected chi connectivity index (χ3v) is 2.91. The summed E-state index contributed by atoms with van der Waals surface area (Å²) in [6.45, 7) is 0.890. The van der Waals surface area contributed by atoms with Crippen molar-refractivity contribution in [3.8, 4) is 23.3 Å². The highest BCUT2D eigenvalue weighted by atomic mass is 16.5. The van der Waals surface area contributed by atoms with Gasteiger partial charge in [-0.2, -0.15) is 0 Å². The van der Waals surface area contributed by atoms with Crippen LogP contribution in [0.5, 0.6) is 11.5 Å². The molecule has 4 nitrogen and oxygen atoms in total. The number of nitrogens with two attached hydrogens (primary N) is 1. The third-order valence-electron chi connectivity index (χ3n) is 2.91. The Bertz CT molecular complexity index is 630. The van der Waals surface area contributed by atoms with Crippen molar-refractivity contribution in [3.05, 3.63) is 53.9 Å². The van der Waals surface area contributed by atoms with Crippen LogP contribution in [0.4, 0.5) is 0 Å². The minimum atomic E-state index is 0.313. The minimum Gasteiger partial charge on any atom is -0.497 e. The Hall–Kier alpha value is -2.51. The molecule has 1 heterocycles. The molecule has 2 aromatic rings. The summed E-state index contributed by atoms with van der Waals surface area (Å²) in [6, 6.07) is 9.53. The van der Waals surface area contributed by atoms with Crippen molar-refractivity contribution in [3.63, 3.8) is 0 Å². The number of hydrogen-bond donors (Lipinski definition) is 1. The summed E-state index contributed by atoms with van der Waals surface area (Å²) < 4.78 is 11.0. The molecular formula is C17H18N2O2. The summed E-state index contributed by atoms with van der Waals surface area (Å²) in [5, 5.41) is 0. The van der Waals surface area contributed by atoms with Crippen molar-refractivity contribution in [1.29, 1.82) is 0 Å². The van der Waals surface area contributed by atoms with E-state index in [-0.39, 0.29) is 0 Å². The Morgan fingerprint density at radius 3 is 2.71 bits per heavy atom. The summed E-state index contributed by atoms with van der Waals surface area (Å²) in [5.74, 6) is 7.33. The molecule has 108 valence electrons. The van der Waals surface area contributed by atoms with E-state index in [2.05, 4.69) is 16.8 Å². The molecule has 0 spiro atoms. The molecule has 0 aliphatic heterocycles. The first kappa shape index (κ1) is 14.9. The second-order valence-electron chi connectivity index (χ2n) is 4.32. The van der Waals surface area contributed by atoms with Crippen LogP contribution in [-0.4, -0.2) is 25.2 Å². The molecule has 21 heavy (non-hydrogen) atoms. The normalized spacial score (nSPS) is 9.62. The maximum Gasteiger partial charge on any atom is 0.135 e. The van der Waals surface area contributed by atoms with Crippen molar-refractivity contribution in [2.45, 2.75) is 6.42 Å². The molecule has 0 saturated heterocycles. The van der Waals surface area contributed by atoms with E-state index < -0.39 is 0 Å². The standard InChI is InChI=1S/C17H18N2O2/c1-20-16-4-5-17(15(13-16)3-2-9-18)21-12-8-14-6-10-19-11-7-14/h4-7,10-11,13H,8-9,12,18H2,1H3. The molecular weight excluding hydrogens is 264 g/mol. The Kier molecular flexibility index (Phi) is 5.62. The monoisotopic (exact) mass is 282 g/mol. The van der Waals surface area contributed by atoms with Gasteiger partial charge in [-0.25, -0.2) is 0 Å². The predicted molar refractivity (Wildman–Crippen MR) is 82.4 cm³/mol. The van der Waals surface area contributed by atoms with Gasteiger partial charge in [0.15, 0.2) is 0 Å². The number of pyridine rings is 1. The van der Waals surface area contributed by atoms with E-state index in [9.17, 15) is 0 Å². The average molecular weight is 282 g/mol. The van der Waals surface area contributed by atoms with Crippen molar-refractivity contribution in [2.75, 3.05) is 20.3 Å². The van der Waals surface area contributed by atoms with Gasteiger partial charge in [0.05, 0.1) is 25.8 Å². The van der Waals surface area contributed by atoms with Crippen molar-refractivity contribution >= 4 is 0 Å². The highest BCUT2D eigenvalue weighted by Crippen LogP contribution is 2.23. The summed E-state index contributed by atoms with van der Waals surface area (Å²) >= 11 is 0. The smallest absolute Gasteiger partial charge is 0.135 e. The molecule has 1 aromatic heterocycles. The minimum absolute atomic E-state index is 0.313. The molecule has 2 N–H and O–H groups in total. The van der Waals surface area contributed by atoms with Crippen LogP contribution >= 0.6 is 0 Å². The number of rotatable bonds is 5. The molecule has 0 saturated carbocycles. The molecule has 2 rings (SSSR count). The number of methoxy groups -OCH3 is 1. The van der Waals surface area contributed by atoms with Gasteiger partial charge in [0.2, 0.25) is 0 Å². The Balaban J connectivity index is 2.04.